The van der Waals surface area contributed by atoms with Crippen molar-refractivity contribution in [3.63, 3.8) is 0 Å². The van der Waals surface area contributed by atoms with Crippen molar-refractivity contribution < 1.29 is 4.79 Å². The number of rotatable bonds is 4. The summed E-state index contributed by atoms with van der Waals surface area (Å²) >= 11 is 0. The van der Waals surface area contributed by atoms with E-state index in [1.165, 1.54) is 0 Å². The molecule has 4 aromatic rings. The van der Waals surface area contributed by atoms with Crippen molar-refractivity contribution in [2.45, 2.75) is 18.8 Å². The van der Waals surface area contributed by atoms with Crippen LogP contribution in [-0.2, 0) is 0 Å². The molecule has 1 saturated heterocycles. The van der Waals surface area contributed by atoms with E-state index in [2.05, 4.69) is 19.9 Å². The Bertz CT molecular complexity index is 1200. The van der Waals surface area contributed by atoms with Crippen LogP contribution in [0.5, 0.6) is 0 Å². The average molecular weight is 422 g/mol. The second-order valence-electron chi connectivity index (χ2n) is 7.80. The number of nitrogens with zero attached hydrogens (tertiary/aromatic N) is 6. The molecule has 0 aromatic carbocycles. The monoisotopic (exact) mass is 422 g/mol. The normalized spacial score (nSPS) is 16.0. The number of carbonyl (C=O) groups excluding carboxylic acids is 1. The zero-order valence-corrected chi connectivity index (χ0v) is 17.5. The number of likely N-dealkylation sites (tertiary alicyclic amines) is 1. The van der Waals surface area contributed by atoms with E-state index in [9.17, 15) is 4.79 Å². The third kappa shape index (κ3) is 4.09. The Labute approximate surface area is 186 Å². The lowest BCUT2D eigenvalue weighted by Gasteiger charge is -2.33. The van der Waals surface area contributed by atoms with E-state index in [0.29, 0.717) is 17.9 Å². The average Bonchev–Trinajstić information content (AvgIpc) is 2.89. The lowest BCUT2D eigenvalue weighted by molar-refractivity contribution is 0.0705. The van der Waals surface area contributed by atoms with E-state index < -0.39 is 0 Å². The molecular weight excluding hydrogens is 400 g/mol. The molecule has 1 amide bonds. The first-order chi connectivity index (χ1) is 15.8. The summed E-state index contributed by atoms with van der Waals surface area (Å²) in [5, 5.41) is 0. The Kier molecular flexibility index (Phi) is 5.61. The fourth-order valence-electron chi connectivity index (χ4n) is 4.16. The zero-order valence-electron chi connectivity index (χ0n) is 17.5. The molecule has 0 N–H and O–H groups in total. The predicted molar refractivity (Wildman–Crippen MR) is 121 cm³/mol. The summed E-state index contributed by atoms with van der Waals surface area (Å²) in [6, 6.07) is 11.4. The molecular formula is C25H22N6O. The lowest BCUT2D eigenvalue weighted by atomic mass is 9.89. The van der Waals surface area contributed by atoms with Crippen LogP contribution in [0.15, 0.2) is 79.8 Å². The largest absolute Gasteiger partial charge is 0.338 e. The van der Waals surface area contributed by atoms with Gasteiger partial charge in [0.15, 0.2) is 5.82 Å². The smallest absolute Gasteiger partial charge is 0.255 e. The highest BCUT2D eigenvalue weighted by atomic mass is 16.2. The molecule has 1 unspecified atom stereocenters. The summed E-state index contributed by atoms with van der Waals surface area (Å²) in [5.74, 6) is 0.781. The molecule has 5 heterocycles. The van der Waals surface area contributed by atoms with Gasteiger partial charge in [0.1, 0.15) is 0 Å². The molecule has 1 aliphatic heterocycles. The van der Waals surface area contributed by atoms with Gasteiger partial charge in [-0.2, -0.15) is 0 Å². The van der Waals surface area contributed by atoms with Crippen molar-refractivity contribution >= 4 is 5.91 Å². The van der Waals surface area contributed by atoms with Gasteiger partial charge >= 0.3 is 0 Å². The van der Waals surface area contributed by atoms with Gasteiger partial charge in [-0.05, 0) is 54.8 Å². The van der Waals surface area contributed by atoms with Gasteiger partial charge in [-0.1, -0.05) is 0 Å². The quantitative estimate of drug-likeness (QED) is 0.494. The van der Waals surface area contributed by atoms with Crippen molar-refractivity contribution in [1.29, 1.82) is 0 Å². The van der Waals surface area contributed by atoms with Crippen LogP contribution in [0.2, 0.25) is 0 Å². The molecule has 4 aromatic heterocycles. The second kappa shape index (κ2) is 9.01. The molecule has 0 spiro atoms. The molecule has 1 atom stereocenters. The maximum absolute atomic E-state index is 13.1. The standard InChI is InChI=1S/C25H22N6O/c32-25(20-3-1-9-28-15-20)31-14-2-4-21(17-31)23-22(18-5-10-26-11-6-18)16-29-24(30-23)19-7-12-27-13-8-19/h1,3,5-13,15-16,21H,2,4,14,17H2. The summed E-state index contributed by atoms with van der Waals surface area (Å²) in [4.78, 5) is 36.9. The van der Waals surface area contributed by atoms with Gasteiger partial charge in [-0.3, -0.25) is 19.7 Å². The molecule has 7 heteroatoms. The summed E-state index contributed by atoms with van der Waals surface area (Å²) < 4.78 is 0. The minimum absolute atomic E-state index is 0.0108. The van der Waals surface area contributed by atoms with Crippen LogP contribution in [0.3, 0.4) is 0 Å². The summed E-state index contributed by atoms with van der Waals surface area (Å²) in [5.41, 5.74) is 4.49. The van der Waals surface area contributed by atoms with Gasteiger partial charge < -0.3 is 4.90 Å². The van der Waals surface area contributed by atoms with Crippen LogP contribution in [0.25, 0.3) is 22.5 Å². The first-order valence-corrected chi connectivity index (χ1v) is 10.7. The number of hydrogen-bond acceptors (Lipinski definition) is 6. The number of carbonyl (C=O) groups is 1. The Morgan fingerprint density at radius 1 is 0.875 bits per heavy atom. The molecule has 158 valence electrons. The maximum Gasteiger partial charge on any atom is 0.255 e. The van der Waals surface area contributed by atoms with Gasteiger partial charge in [-0.15, -0.1) is 0 Å². The number of piperidine rings is 1. The Morgan fingerprint density at radius 2 is 1.62 bits per heavy atom. The van der Waals surface area contributed by atoms with E-state index in [1.807, 2.05) is 41.4 Å². The summed E-state index contributed by atoms with van der Waals surface area (Å²) in [6.45, 7) is 1.34. The van der Waals surface area contributed by atoms with Crippen LogP contribution in [0.4, 0.5) is 0 Å². The van der Waals surface area contributed by atoms with E-state index in [1.54, 1.807) is 43.2 Å². The number of pyridine rings is 3. The van der Waals surface area contributed by atoms with Crippen LogP contribution in [-0.4, -0.2) is 48.8 Å². The molecule has 0 bridgehead atoms. The van der Waals surface area contributed by atoms with Crippen LogP contribution in [0.1, 0.15) is 34.8 Å². The molecule has 0 saturated carbocycles. The van der Waals surface area contributed by atoms with Crippen LogP contribution >= 0.6 is 0 Å². The molecule has 1 fully saturated rings. The SMILES string of the molecule is O=C(c1cccnc1)N1CCCC(c2nc(-c3ccncc3)ncc2-c2ccncc2)C1. The van der Waals surface area contributed by atoms with Gasteiger partial charge in [0.05, 0.1) is 11.3 Å². The molecule has 1 aliphatic rings. The van der Waals surface area contributed by atoms with E-state index in [4.69, 9.17) is 4.98 Å². The molecule has 32 heavy (non-hydrogen) atoms. The van der Waals surface area contributed by atoms with Crippen molar-refractivity contribution in [1.82, 2.24) is 29.8 Å². The van der Waals surface area contributed by atoms with E-state index in [-0.39, 0.29) is 11.8 Å². The number of aromatic nitrogens is 5. The van der Waals surface area contributed by atoms with E-state index >= 15 is 0 Å². The molecule has 0 aliphatic carbocycles. The fraction of sp³-hybridized carbons (Fsp3) is 0.200. The first-order valence-electron chi connectivity index (χ1n) is 10.7. The third-order valence-electron chi connectivity index (χ3n) is 5.75. The van der Waals surface area contributed by atoms with Gasteiger partial charge in [0.25, 0.3) is 5.91 Å². The van der Waals surface area contributed by atoms with Gasteiger partial charge in [-0.25, -0.2) is 9.97 Å². The van der Waals surface area contributed by atoms with Gasteiger partial charge in [0, 0.05) is 73.5 Å². The highest BCUT2D eigenvalue weighted by Crippen LogP contribution is 2.34. The first kappa shape index (κ1) is 19.9. The molecule has 5 rings (SSSR count). The van der Waals surface area contributed by atoms with Crippen molar-refractivity contribution in [2.24, 2.45) is 0 Å². The lowest BCUT2D eigenvalue weighted by Crippen LogP contribution is -2.39. The topological polar surface area (TPSA) is 84.8 Å². The second-order valence-corrected chi connectivity index (χ2v) is 7.80. The van der Waals surface area contributed by atoms with E-state index in [0.717, 1.165) is 41.8 Å². The third-order valence-corrected chi connectivity index (χ3v) is 5.75. The van der Waals surface area contributed by atoms with Gasteiger partial charge in [0.2, 0.25) is 0 Å². The summed E-state index contributed by atoms with van der Waals surface area (Å²) in [7, 11) is 0. The fourth-order valence-corrected chi connectivity index (χ4v) is 4.16. The van der Waals surface area contributed by atoms with Crippen molar-refractivity contribution in [3.05, 3.63) is 91.0 Å². The maximum atomic E-state index is 13.1. The van der Waals surface area contributed by atoms with Crippen LogP contribution in [0, 0.1) is 0 Å². The molecule has 7 nitrogen and oxygen atoms in total. The Balaban J connectivity index is 1.52. The summed E-state index contributed by atoms with van der Waals surface area (Å²) in [6.07, 6.45) is 14.1. The minimum atomic E-state index is 0.0108. The zero-order chi connectivity index (χ0) is 21.8. The predicted octanol–water partition coefficient (Wildman–Crippen LogP) is 4.02. The highest BCUT2D eigenvalue weighted by Gasteiger charge is 2.29. The highest BCUT2D eigenvalue weighted by molar-refractivity contribution is 5.94. The Morgan fingerprint density at radius 3 is 2.34 bits per heavy atom. The van der Waals surface area contributed by atoms with Crippen LogP contribution < -0.4 is 0 Å². The Hall–Kier alpha value is -4.00. The number of hydrogen-bond donors (Lipinski definition) is 0. The number of amides is 1. The minimum Gasteiger partial charge on any atom is -0.338 e. The van der Waals surface area contributed by atoms with Crippen molar-refractivity contribution in [2.75, 3.05) is 13.1 Å². The van der Waals surface area contributed by atoms with Crippen molar-refractivity contribution in [3.8, 4) is 22.5 Å². The molecule has 0 radical (unpaired) electrons.